The van der Waals surface area contributed by atoms with Crippen LogP contribution in [0.4, 0.5) is 0 Å². The van der Waals surface area contributed by atoms with Gasteiger partial charge >= 0.3 is 0 Å². The van der Waals surface area contributed by atoms with Crippen molar-refractivity contribution in [2.45, 2.75) is 0 Å². The van der Waals surface area contributed by atoms with Gasteiger partial charge < -0.3 is 9.47 Å². The van der Waals surface area contributed by atoms with Crippen LogP contribution in [0.2, 0.25) is 0 Å². The van der Waals surface area contributed by atoms with Gasteiger partial charge in [0.15, 0.2) is 0 Å². The van der Waals surface area contributed by atoms with Crippen LogP contribution in [-0.2, 0) is 7.05 Å². The van der Waals surface area contributed by atoms with Gasteiger partial charge in [-0.3, -0.25) is 9.48 Å². The highest BCUT2D eigenvalue weighted by Crippen LogP contribution is 2.25. The van der Waals surface area contributed by atoms with Crippen molar-refractivity contribution in [2.24, 2.45) is 7.05 Å². The van der Waals surface area contributed by atoms with E-state index >= 15 is 0 Å². The van der Waals surface area contributed by atoms with E-state index in [4.69, 9.17) is 9.47 Å². The first-order valence-electron chi connectivity index (χ1n) is 6.08. The molecule has 5 heteroatoms. The van der Waals surface area contributed by atoms with E-state index in [9.17, 15) is 4.79 Å². The molecule has 0 unspecified atom stereocenters. The fraction of sp³-hybridized carbons (Fsp3) is 0.200. The van der Waals surface area contributed by atoms with Gasteiger partial charge in [0.05, 0.1) is 14.2 Å². The van der Waals surface area contributed by atoms with Gasteiger partial charge in [-0.2, -0.15) is 5.10 Å². The largest absolute Gasteiger partial charge is 0.497 e. The second-order valence-electron chi connectivity index (χ2n) is 4.15. The first kappa shape index (κ1) is 13.9. The maximum atomic E-state index is 12.0. The molecule has 5 nitrogen and oxygen atoms in total. The summed E-state index contributed by atoms with van der Waals surface area (Å²) in [6.07, 6.45) is 4.79. The highest BCUT2D eigenvalue weighted by Gasteiger charge is 2.07. The summed E-state index contributed by atoms with van der Waals surface area (Å²) in [7, 11) is 4.91. The van der Waals surface area contributed by atoms with E-state index < -0.39 is 0 Å². The summed E-state index contributed by atoms with van der Waals surface area (Å²) in [6.45, 7) is 0. The number of nitrogens with zero attached hydrogens (tertiary/aromatic N) is 2. The second-order valence-corrected chi connectivity index (χ2v) is 4.15. The predicted octanol–water partition coefficient (Wildman–Crippen LogP) is 2.33. The van der Waals surface area contributed by atoms with Crippen LogP contribution >= 0.6 is 0 Å². The van der Waals surface area contributed by atoms with Gasteiger partial charge in [0.25, 0.3) is 0 Å². The monoisotopic (exact) mass is 272 g/mol. The Morgan fingerprint density at radius 1 is 1.25 bits per heavy atom. The lowest BCUT2D eigenvalue weighted by molar-refractivity contribution is 0.103. The minimum absolute atomic E-state index is 0.116. The summed E-state index contributed by atoms with van der Waals surface area (Å²) in [5, 5.41) is 3.97. The van der Waals surface area contributed by atoms with E-state index in [-0.39, 0.29) is 5.78 Å². The Bertz CT molecular complexity index is 644. The normalized spacial score (nSPS) is 10.8. The highest BCUT2D eigenvalue weighted by molar-refractivity contribution is 6.05. The Hall–Kier alpha value is -2.56. The quantitative estimate of drug-likeness (QED) is 0.619. The minimum atomic E-state index is -0.116. The number of carbonyl (C=O) groups is 1. The molecule has 0 N–H and O–H groups in total. The number of methoxy groups -OCH3 is 2. The fourth-order valence-corrected chi connectivity index (χ4v) is 1.84. The zero-order valence-corrected chi connectivity index (χ0v) is 11.7. The van der Waals surface area contributed by atoms with E-state index in [2.05, 4.69) is 5.10 Å². The minimum Gasteiger partial charge on any atom is -0.497 e. The maximum Gasteiger partial charge on any atom is 0.203 e. The summed E-state index contributed by atoms with van der Waals surface area (Å²) in [5.41, 5.74) is 1.31. The van der Waals surface area contributed by atoms with Crippen molar-refractivity contribution in [3.8, 4) is 11.5 Å². The number of hydrogen-bond acceptors (Lipinski definition) is 4. The van der Waals surface area contributed by atoms with Gasteiger partial charge in [0.2, 0.25) is 5.78 Å². The van der Waals surface area contributed by atoms with Crippen LogP contribution in [0.3, 0.4) is 0 Å². The van der Waals surface area contributed by atoms with Gasteiger partial charge in [-0.25, -0.2) is 0 Å². The first-order chi connectivity index (χ1) is 9.65. The Balaban J connectivity index is 2.27. The van der Waals surface area contributed by atoms with Crippen molar-refractivity contribution in [1.82, 2.24) is 9.78 Å². The van der Waals surface area contributed by atoms with Crippen LogP contribution in [0.15, 0.2) is 36.5 Å². The third-order valence-corrected chi connectivity index (χ3v) is 2.92. The molecule has 2 aromatic rings. The summed E-state index contributed by atoms with van der Waals surface area (Å²) < 4.78 is 12.0. The Morgan fingerprint density at radius 2 is 2.05 bits per heavy atom. The average molecular weight is 272 g/mol. The summed E-state index contributed by atoms with van der Waals surface area (Å²) in [4.78, 5) is 12.0. The van der Waals surface area contributed by atoms with Gasteiger partial charge in [-0.05, 0) is 36.4 Å². The molecule has 20 heavy (non-hydrogen) atoms. The number of hydrogen-bond donors (Lipinski definition) is 0. The van der Waals surface area contributed by atoms with Crippen molar-refractivity contribution in [1.29, 1.82) is 0 Å². The van der Waals surface area contributed by atoms with Gasteiger partial charge in [0.1, 0.15) is 17.2 Å². The standard InChI is InChI=1S/C15H16N2O3/c1-17-13(8-9-16-17)14(18)6-4-11-10-12(19-2)5-7-15(11)20-3/h4-10H,1-3H3/b6-4+. The zero-order valence-electron chi connectivity index (χ0n) is 11.7. The molecule has 0 spiro atoms. The number of ketones is 1. The lowest BCUT2D eigenvalue weighted by atomic mass is 10.1. The maximum absolute atomic E-state index is 12.0. The third kappa shape index (κ3) is 2.88. The molecule has 0 amide bonds. The Labute approximate surface area is 117 Å². The number of aromatic nitrogens is 2. The van der Waals surface area contributed by atoms with Crippen LogP contribution in [0.1, 0.15) is 16.1 Å². The van der Waals surface area contributed by atoms with Crippen molar-refractivity contribution < 1.29 is 14.3 Å². The van der Waals surface area contributed by atoms with Crippen LogP contribution in [0.5, 0.6) is 11.5 Å². The van der Waals surface area contributed by atoms with Crippen molar-refractivity contribution in [2.75, 3.05) is 14.2 Å². The zero-order chi connectivity index (χ0) is 14.5. The number of carbonyl (C=O) groups excluding carboxylic acids is 1. The fourth-order valence-electron chi connectivity index (χ4n) is 1.84. The lowest BCUT2D eigenvalue weighted by Gasteiger charge is -2.07. The van der Waals surface area contributed by atoms with Gasteiger partial charge in [-0.1, -0.05) is 0 Å². The van der Waals surface area contributed by atoms with E-state index in [1.54, 1.807) is 51.7 Å². The molecule has 104 valence electrons. The van der Waals surface area contributed by atoms with E-state index in [0.29, 0.717) is 17.2 Å². The molecular formula is C15H16N2O3. The lowest BCUT2D eigenvalue weighted by Crippen LogP contribution is -2.03. The molecule has 1 aromatic carbocycles. The smallest absolute Gasteiger partial charge is 0.203 e. The first-order valence-corrected chi connectivity index (χ1v) is 6.08. The molecule has 1 aromatic heterocycles. The molecule has 0 aliphatic carbocycles. The van der Waals surface area contributed by atoms with E-state index in [1.807, 2.05) is 6.07 Å². The molecule has 0 aliphatic heterocycles. The molecule has 2 rings (SSSR count). The van der Waals surface area contributed by atoms with Crippen LogP contribution in [0, 0.1) is 0 Å². The van der Waals surface area contributed by atoms with Crippen LogP contribution in [-0.4, -0.2) is 29.8 Å². The molecule has 0 fully saturated rings. The summed E-state index contributed by atoms with van der Waals surface area (Å²) >= 11 is 0. The molecule has 0 saturated heterocycles. The van der Waals surface area contributed by atoms with Crippen molar-refractivity contribution >= 4 is 11.9 Å². The van der Waals surface area contributed by atoms with E-state index in [0.717, 1.165) is 5.56 Å². The molecular weight excluding hydrogens is 256 g/mol. The summed E-state index contributed by atoms with van der Waals surface area (Å²) in [5.74, 6) is 1.27. The highest BCUT2D eigenvalue weighted by atomic mass is 16.5. The Kier molecular flexibility index (Phi) is 4.20. The molecule has 0 radical (unpaired) electrons. The number of allylic oxidation sites excluding steroid dienone is 1. The van der Waals surface area contributed by atoms with E-state index in [1.165, 1.54) is 10.8 Å². The number of ether oxygens (including phenoxy) is 2. The van der Waals surface area contributed by atoms with Crippen molar-refractivity contribution in [3.05, 3.63) is 47.8 Å². The van der Waals surface area contributed by atoms with Gasteiger partial charge in [0, 0.05) is 18.8 Å². The topological polar surface area (TPSA) is 53.4 Å². The molecule has 1 heterocycles. The van der Waals surface area contributed by atoms with Crippen molar-refractivity contribution in [3.63, 3.8) is 0 Å². The third-order valence-electron chi connectivity index (χ3n) is 2.92. The van der Waals surface area contributed by atoms with Crippen LogP contribution < -0.4 is 9.47 Å². The molecule has 0 bridgehead atoms. The molecule has 0 atom stereocenters. The SMILES string of the molecule is COc1ccc(OC)c(/C=C/C(=O)c2ccnn2C)c1. The molecule has 0 saturated carbocycles. The average Bonchev–Trinajstić information content (AvgIpc) is 2.90. The second kappa shape index (κ2) is 6.06. The van der Waals surface area contributed by atoms with Gasteiger partial charge in [-0.15, -0.1) is 0 Å². The molecule has 0 aliphatic rings. The van der Waals surface area contributed by atoms with Crippen LogP contribution in [0.25, 0.3) is 6.08 Å². The predicted molar refractivity (Wildman–Crippen MR) is 76.1 cm³/mol. The Morgan fingerprint density at radius 3 is 2.65 bits per heavy atom. The number of rotatable bonds is 5. The number of benzene rings is 1. The number of aryl methyl sites for hydroxylation is 1. The summed E-state index contributed by atoms with van der Waals surface area (Å²) in [6, 6.07) is 7.09.